The average molecular weight is 369 g/mol. The van der Waals surface area contributed by atoms with Crippen molar-refractivity contribution in [2.75, 3.05) is 14.1 Å². The number of benzene rings is 1. The molecule has 0 aliphatic rings. The van der Waals surface area contributed by atoms with Gasteiger partial charge in [0.05, 0.1) is 11.0 Å². The predicted octanol–water partition coefficient (Wildman–Crippen LogP) is 3.86. The minimum Gasteiger partial charge on any atom is -0.305 e. The summed E-state index contributed by atoms with van der Waals surface area (Å²) >= 11 is 1.38. The Morgan fingerprint density at radius 2 is 1.92 bits per heavy atom. The molecule has 0 aliphatic heterocycles. The van der Waals surface area contributed by atoms with Gasteiger partial charge in [-0.05, 0) is 25.7 Å². The van der Waals surface area contributed by atoms with E-state index in [0.717, 1.165) is 9.96 Å². The van der Waals surface area contributed by atoms with Crippen LogP contribution >= 0.6 is 11.8 Å². The van der Waals surface area contributed by atoms with E-state index in [1.165, 1.54) is 11.8 Å². The summed E-state index contributed by atoms with van der Waals surface area (Å²) in [5.74, 6) is -1.03. The molecule has 3 rings (SSSR count). The van der Waals surface area contributed by atoms with Crippen molar-refractivity contribution in [3.05, 3.63) is 29.6 Å². The number of hydrogen-bond donors (Lipinski definition) is 0. The number of halogens is 3. The van der Waals surface area contributed by atoms with Crippen LogP contribution in [-0.2, 0) is 12.7 Å². The van der Waals surface area contributed by atoms with E-state index in [0.29, 0.717) is 22.6 Å². The molecule has 2 heterocycles. The lowest BCUT2D eigenvalue weighted by Crippen LogP contribution is -2.14. The van der Waals surface area contributed by atoms with Crippen molar-refractivity contribution in [3.63, 3.8) is 0 Å². The van der Waals surface area contributed by atoms with E-state index in [1.807, 2.05) is 38.9 Å². The normalized spacial score (nSPS) is 12.8. The second-order valence-electron chi connectivity index (χ2n) is 6.29. The van der Waals surface area contributed by atoms with Gasteiger partial charge in [0.2, 0.25) is 5.82 Å². The molecule has 0 spiro atoms. The van der Waals surface area contributed by atoms with Gasteiger partial charge in [-0.25, -0.2) is 4.98 Å². The number of rotatable bonds is 4. The molecule has 0 aliphatic carbocycles. The molecule has 0 bridgehead atoms. The van der Waals surface area contributed by atoms with Crippen LogP contribution in [0.2, 0.25) is 0 Å². The van der Waals surface area contributed by atoms with E-state index >= 15 is 0 Å². The second kappa shape index (κ2) is 6.45. The topological polar surface area (TPSA) is 46.3 Å². The zero-order valence-corrected chi connectivity index (χ0v) is 15.1. The number of nitrogens with zero attached hydrogens (tertiary/aromatic N) is 5. The maximum absolute atomic E-state index is 13.4. The van der Waals surface area contributed by atoms with Crippen molar-refractivity contribution < 1.29 is 13.2 Å². The van der Waals surface area contributed by atoms with Crippen LogP contribution in [-0.4, -0.2) is 43.8 Å². The van der Waals surface area contributed by atoms with Crippen LogP contribution in [0.4, 0.5) is 13.2 Å². The summed E-state index contributed by atoms with van der Waals surface area (Å²) < 4.78 is 41.4. The first-order valence-electron chi connectivity index (χ1n) is 7.73. The highest BCUT2D eigenvalue weighted by Gasteiger charge is 2.38. The molecule has 0 N–H and O–H groups in total. The van der Waals surface area contributed by atoms with Gasteiger partial charge in [-0.2, -0.15) is 13.2 Å². The molecule has 0 unspecified atom stereocenters. The summed E-state index contributed by atoms with van der Waals surface area (Å²) in [6.07, 6.45) is -4.59. The summed E-state index contributed by atoms with van der Waals surface area (Å²) in [7, 11) is 3.81. The van der Waals surface area contributed by atoms with Crippen LogP contribution in [0.5, 0.6) is 0 Å². The van der Waals surface area contributed by atoms with Crippen LogP contribution < -0.4 is 0 Å². The van der Waals surface area contributed by atoms with Crippen molar-refractivity contribution in [1.82, 2.24) is 24.5 Å². The highest BCUT2D eigenvalue weighted by atomic mass is 32.2. The zero-order chi connectivity index (χ0) is 18.4. The van der Waals surface area contributed by atoms with Crippen molar-refractivity contribution in [2.45, 2.75) is 36.8 Å². The third-order valence-electron chi connectivity index (χ3n) is 3.49. The summed E-state index contributed by atoms with van der Waals surface area (Å²) in [4.78, 5) is 6.59. The minimum atomic E-state index is -4.59. The summed E-state index contributed by atoms with van der Waals surface area (Å²) in [5, 5.41) is 7.79. The Morgan fingerprint density at radius 3 is 2.52 bits per heavy atom. The smallest absolute Gasteiger partial charge is 0.305 e. The van der Waals surface area contributed by atoms with Gasteiger partial charge in [-0.1, -0.05) is 37.7 Å². The SMILES string of the molecule is CC(C)Sc1nc2c(CN(C)C)cccc2n2c(C(F)(F)F)nnc12. The fraction of sp³-hybridized carbons (Fsp3) is 0.438. The lowest BCUT2D eigenvalue weighted by molar-refractivity contribution is -0.145. The Hall–Kier alpha value is -1.87. The molecule has 0 radical (unpaired) electrons. The van der Waals surface area contributed by atoms with E-state index in [1.54, 1.807) is 12.1 Å². The third-order valence-corrected chi connectivity index (χ3v) is 4.46. The van der Waals surface area contributed by atoms with Gasteiger partial charge in [0, 0.05) is 11.8 Å². The van der Waals surface area contributed by atoms with Crippen molar-refractivity contribution in [2.24, 2.45) is 0 Å². The molecule has 25 heavy (non-hydrogen) atoms. The van der Waals surface area contributed by atoms with Crippen LogP contribution in [0, 0.1) is 0 Å². The Morgan fingerprint density at radius 1 is 1.20 bits per heavy atom. The van der Waals surface area contributed by atoms with Gasteiger partial charge in [0.15, 0.2) is 5.65 Å². The zero-order valence-electron chi connectivity index (χ0n) is 14.3. The fourth-order valence-corrected chi connectivity index (χ4v) is 3.47. The number of para-hydroxylation sites is 1. The van der Waals surface area contributed by atoms with Gasteiger partial charge in [-0.3, -0.25) is 4.40 Å². The standard InChI is InChI=1S/C16H18F3N5S/c1-9(2)25-14-13-21-22-15(16(17,18)19)24(13)11-7-5-6-10(8-23(3)4)12(11)20-14/h5-7,9H,8H2,1-4H3. The maximum Gasteiger partial charge on any atom is 0.452 e. The molecule has 0 fully saturated rings. The monoisotopic (exact) mass is 369 g/mol. The van der Waals surface area contributed by atoms with Crippen molar-refractivity contribution in [1.29, 1.82) is 0 Å². The Balaban J connectivity index is 2.40. The minimum absolute atomic E-state index is 0.139. The molecule has 0 amide bonds. The molecule has 1 aromatic carbocycles. The first kappa shape index (κ1) is 17.9. The third kappa shape index (κ3) is 3.43. The van der Waals surface area contributed by atoms with Crippen LogP contribution in [0.15, 0.2) is 23.2 Å². The van der Waals surface area contributed by atoms with Crippen molar-refractivity contribution in [3.8, 4) is 0 Å². The molecule has 0 saturated carbocycles. The highest BCUT2D eigenvalue weighted by Crippen LogP contribution is 2.34. The number of thioether (sulfide) groups is 1. The predicted molar refractivity (Wildman–Crippen MR) is 91.7 cm³/mol. The van der Waals surface area contributed by atoms with E-state index in [2.05, 4.69) is 15.2 Å². The Bertz CT molecular complexity index is 917. The maximum atomic E-state index is 13.4. The summed E-state index contributed by atoms with van der Waals surface area (Å²) in [6.45, 7) is 4.49. The largest absolute Gasteiger partial charge is 0.452 e. The molecule has 9 heteroatoms. The lowest BCUT2D eigenvalue weighted by Gasteiger charge is -2.15. The second-order valence-corrected chi connectivity index (χ2v) is 7.85. The molecule has 3 aromatic rings. The fourth-order valence-electron chi connectivity index (χ4n) is 2.64. The molecule has 0 atom stereocenters. The molecule has 134 valence electrons. The van der Waals surface area contributed by atoms with Gasteiger partial charge in [0.25, 0.3) is 0 Å². The number of alkyl halides is 3. The quantitative estimate of drug-likeness (QED) is 0.654. The Labute approximate surface area is 147 Å². The van der Waals surface area contributed by atoms with Crippen LogP contribution in [0.3, 0.4) is 0 Å². The van der Waals surface area contributed by atoms with E-state index in [-0.39, 0.29) is 10.9 Å². The number of fused-ring (bicyclic) bond motifs is 3. The summed E-state index contributed by atoms with van der Waals surface area (Å²) in [6, 6.07) is 5.23. The number of aromatic nitrogens is 4. The first-order chi connectivity index (χ1) is 11.7. The molecule has 5 nitrogen and oxygen atoms in total. The molecule has 0 saturated heterocycles. The van der Waals surface area contributed by atoms with E-state index in [9.17, 15) is 13.2 Å². The number of hydrogen-bond acceptors (Lipinski definition) is 5. The van der Waals surface area contributed by atoms with Gasteiger partial charge in [0.1, 0.15) is 5.03 Å². The van der Waals surface area contributed by atoms with Gasteiger partial charge < -0.3 is 4.90 Å². The lowest BCUT2D eigenvalue weighted by atomic mass is 10.1. The average Bonchev–Trinajstić information content (AvgIpc) is 2.92. The van der Waals surface area contributed by atoms with Crippen LogP contribution in [0.1, 0.15) is 25.2 Å². The van der Waals surface area contributed by atoms with E-state index < -0.39 is 12.0 Å². The Kier molecular flexibility index (Phi) is 4.63. The van der Waals surface area contributed by atoms with Gasteiger partial charge >= 0.3 is 6.18 Å². The molecular weight excluding hydrogens is 351 g/mol. The van der Waals surface area contributed by atoms with Gasteiger partial charge in [-0.15, -0.1) is 10.2 Å². The molecule has 2 aromatic heterocycles. The van der Waals surface area contributed by atoms with Crippen molar-refractivity contribution >= 4 is 28.4 Å². The molecular formula is C16H18F3N5S. The highest BCUT2D eigenvalue weighted by molar-refractivity contribution is 8.00. The first-order valence-corrected chi connectivity index (χ1v) is 8.61. The van der Waals surface area contributed by atoms with E-state index in [4.69, 9.17) is 0 Å². The van der Waals surface area contributed by atoms with Crippen LogP contribution in [0.25, 0.3) is 16.7 Å². The summed E-state index contributed by atoms with van der Waals surface area (Å²) in [5.41, 5.74) is 1.90.